The van der Waals surface area contributed by atoms with Gasteiger partial charge in [-0.2, -0.15) is 0 Å². The van der Waals surface area contributed by atoms with Gasteiger partial charge in [-0.1, -0.05) is 12.1 Å². The number of aryl methyl sites for hydroxylation is 1. The molecule has 1 fully saturated rings. The van der Waals surface area contributed by atoms with Crippen molar-refractivity contribution in [2.24, 2.45) is 0 Å². The summed E-state index contributed by atoms with van der Waals surface area (Å²) >= 11 is 0. The Morgan fingerprint density at radius 3 is 2.52 bits per heavy atom. The van der Waals surface area contributed by atoms with Gasteiger partial charge in [0, 0.05) is 30.2 Å². The zero-order valence-corrected chi connectivity index (χ0v) is 14.8. The minimum absolute atomic E-state index is 0.0555. The molecule has 1 heterocycles. The van der Waals surface area contributed by atoms with Gasteiger partial charge in [-0.05, 0) is 55.3 Å². The number of morpholine rings is 1. The summed E-state index contributed by atoms with van der Waals surface area (Å²) in [5, 5.41) is 6.13. The summed E-state index contributed by atoms with van der Waals surface area (Å²) in [5.74, 6) is -0.0555. The standard InChI is InChI=1S/C20H25N3O2/c1-15-4-3-5-19(16(15)2)21-14-20(24)22-17-6-8-18(9-7-17)23-10-12-25-13-11-23/h3-9,21H,10-14H2,1-2H3,(H,22,24). The molecular weight excluding hydrogens is 314 g/mol. The first-order valence-corrected chi connectivity index (χ1v) is 8.66. The minimum atomic E-state index is -0.0555. The number of carbonyl (C=O) groups is 1. The monoisotopic (exact) mass is 339 g/mol. The van der Waals surface area contributed by atoms with Crippen LogP contribution in [0.15, 0.2) is 42.5 Å². The van der Waals surface area contributed by atoms with Gasteiger partial charge in [0.2, 0.25) is 5.91 Å². The normalized spacial score (nSPS) is 14.2. The first-order chi connectivity index (χ1) is 12.1. The summed E-state index contributed by atoms with van der Waals surface area (Å²) in [6.07, 6.45) is 0. The second kappa shape index (κ2) is 8.03. The Balaban J connectivity index is 1.53. The van der Waals surface area contributed by atoms with Crippen LogP contribution in [0.1, 0.15) is 11.1 Å². The highest BCUT2D eigenvalue weighted by Gasteiger charge is 2.11. The fraction of sp³-hybridized carbons (Fsp3) is 0.350. The van der Waals surface area contributed by atoms with E-state index >= 15 is 0 Å². The molecule has 25 heavy (non-hydrogen) atoms. The number of anilines is 3. The van der Waals surface area contributed by atoms with Crippen molar-refractivity contribution in [2.75, 3.05) is 48.4 Å². The van der Waals surface area contributed by atoms with Gasteiger partial charge in [0.1, 0.15) is 0 Å². The molecule has 0 unspecified atom stereocenters. The molecule has 0 bridgehead atoms. The second-order valence-corrected chi connectivity index (χ2v) is 6.30. The molecule has 0 saturated carbocycles. The fourth-order valence-electron chi connectivity index (χ4n) is 2.90. The fourth-order valence-corrected chi connectivity index (χ4v) is 2.90. The lowest BCUT2D eigenvalue weighted by atomic mass is 10.1. The molecule has 132 valence electrons. The number of hydrogen-bond acceptors (Lipinski definition) is 4. The zero-order chi connectivity index (χ0) is 17.6. The van der Waals surface area contributed by atoms with Crippen LogP contribution in [0.3, 0.4) is 0 Å². The first kappa shape index (κ1) is 17.3. The lowest BCUT2D eigenvalue weighted by Crippen LogP contribution is -2.36. The number of hydrogen-bond donors (Lipinski definition) is 2. The van der Waals surface area contributed by atoms with E-state index in [1.54, 1.807) is 0 Å². The zero-order valence-electron chi connectivity index (χ0n) is 14.8. The smallest absolute Gasteiger partial charge is 0.243 e. The molecule has 5 heteroatoms. The van der Waals surface area contributed by atoms with E-state index in [9.17, 15) is 4.79 Å². The molecule has 2 aromatic rings. The number of benzene rings is 2. The van der Waals surface area contributed by atoms with E-state index in [0.29, 0.717) is 0 Å². The third-order valence-corrected chi connectivity index (χ3v) is 4.57. The quantitative estimate of drug-likeness (QED) is 0.878. The van der Waals surface area contributed by atoms with E-state index in [4.69, 9.17) is 4.74 Å². The van der Waals surface area contributed by atoms with Gasteiger partial charge in [0.15, 0.2) is 0 Å². The van der Waals surface area contributed by atoms with Crippen molar-refractivity contribution in [1.29, 1.82) is 0 Å². The molecule has 0 atom stereocenters. The molecule has 0 aromatic heterocycles. The van der Waals surface area contributed by atoms with Crippen molar-refractivity contribution >= 4 is 23.0 Å². The highest BCUT2D eigenvalue weighted by Crippen LogP contribution is 2.20. The summed E-state index contributed by atoms with van der Waals surface area (Å²) in [6.45, 7) is 7.72. The number of nitrogens with zero attached hydrogens (tertiary/aromatic N) is 1. The Bertz CT molecular complexity index is 722. The third kappa shape index (κ3) is 4.51. The maximum Gasteiger partial charge on any atom is 0.243 e. The van der Waals surface area contributed by atoms with Crippen LogP contribution in [-0.2, 0) is 9.53 Å². The van der Waals surface area contributed by atoms with Crippen molar-refractivity contribution in [3.8, 4) is 0 Å². The van der Waals surface area contributed by atoms with Crippen molar-refractivity contribution < 1.29 is 9.53 Å². The van der Waals surface area contributed by atoms with Gasteiger partial charge in [-0.15, -0.1) is 0 Å². The van der Waals surface area contributed by atoms with Crippen LogP contribution in [0.2, 0.25) is 0 Å². The third-order valence-electron chi connectivity index (χ3n) is 4.57. The highest BCUT2D eigenvalue weighted by molar-refractivity contribution is 5.94. The van der Waals surface area contributed by atoms with E-state index in [1.807, 2.05) is 36.4 Å². The molecule has 1 aliphatic rings. The van der Waals surface area contributed by atoms with Gasteiger partial charge < -0.3 is 20.3 Å². The Labute approximate surface area is 149 Å². The number of amides is 1. The molecule has 1 aliphatic heterocycles. The molecule has 1 saturated heterocycles. The predicted octanol–water partition coefficient (Wildman–Crippen LogP) is 3.19. The molecule has 2 N–H and O–H groups in total. The average molecular weight is 339 g/mol. The Kier molecular flexibility index (Phi) is 5.56. The lowest BCUT2D eigenvalue weighted by molar-refractivity contribution is -0.114. The van der Waals surface area contributed by atoms with Gasteiger partial charge in [-0.25, -0.2) is 0 Å². The van der Waals surface area contributed by atoms with Crippen LogP contribution < -0.4 is 15.5 Å². The molecule has 1 amide bonds. The van der Waals surface area contributed by atoms with Crippen LogP contribution >= 0.6 is 0 Å². The number of ether oxygens (including phenoxy) is 1. The molecule has 0 aliphatic carbocycles. The molecule has 5 nitrogen and oxygen atoms in total. The van der Waals surface area contributed by atoms with Crippen LogP contribution in [0.4, 0.5) is 17.1 Å². The van der Waals surface area contributed by atoms with Crippen molar-refractivity contribution in [3.05, 3.63) is 53.6 Å². The highest BCUT2D eigenvalue weighted by atomic mass is 16.5. The molecule has 0 spiro atoms. The largest absolute Gasteiger partial charge is 0.378 e. The van der Waals surface area contributed by atoms with Gasteiger partial charge in [-0.3, -0.25) is 4.79 Å². The second-order valence-electron chi connectivity index (χ2n) is 6.30. The summed E-state index contributed by atoms with van der Waals surface area (Å²) in [5.41, 5.74) is 5.35. The van der Waals surface area contributed by atoms with Crippen LogP contribution in [-0.4, -0.2) is 38.8 Å². The number of rotatable bonds is 5. The Morgan fingerprint density at radius 2 is 1.80 bits per heavy atom. The first-order valence-electron chi connectivity index (χ1n) is 8.66. The van der Waals surface area contributed by atoms with Gasteiger partial charge in [0.05, 0.1) is 19.8 Å². The summed E-state index contributed by atoms with van der Waals surface area (Å²) in [6, 6.07) is 14.0. The maximum absolute atomic E-state index is 12.2. The van der Waals surface area contributed by atoms with E-state index in [1.165, 1.54) is 11.1 Å². The SMILES string of the molecule is Cc1cccc(NCC(=O)Nc2ccc(N3CCOCC3)cc2)c1C. The number of nitrogens with one attached hydrogen (secondary N) is 2. The van der Waals surface area contributed by atoms with Crippen LogP contribution in [0.5, 0.6) is 0 Å². The maximum atomic E-state index is 12.2. The average Bonchev–Trinajstić information content (AvgIpc) is 2.64. The molecular formula is C20H25N3O2. The molecule has 3 rings (SSSR count). The van der Waals surface area contributed by atoms with Crippen LogP contribution in [0, 0.1) is 13.8 Å². The minimum Gasteiger partial charge on any atom is -0.378 e. The van der Waals surface area contributed by atoms with E-state index in [2.05, 4.69) is 35.4 Å². The van der Waals surface area contributed by atoms with Crippen LogP contribution in [0.25, 0.3) is 0 Å². The Hall–Kier alpha value is -2.53. The van der Waals surface area contributed by atoms with E-state index in [0.717, 1.165) is 43.4 Å². The topological polar surface area (TPSA) is 53.6 Å². The van der Waals surface area contributed by atoms with E-state index in [-0.39, 0.29) is 12.5 Å². The summed E-state index contributed by atoms with van der Waals surface area (Å²) in [7, 11) is 0. The van der Waals surface area contributed by atoms with Crippen molar-refractivity contribution in [2.45, 2.75) is 13.8 Å². The van der Waals surface area contributed by atoms with Gasteiger partial charge >= 0.3 is 0 Å². The van der Waals surface area contributed by atoms with Crippen molar-refractivity contribution in [1.82, 2.24) is 0 Å². The number of carbonyl (C=O) groups excluding carboxylic acids is 1. The molecule has 2 aromatic carbocycles. The van der Waals surface area contributed by atoms with Crippen molar-refractivity contribution in [3.63, 3.8) is 0 Å². The molecule has 0 radical (unpaired) electrons. The summed E-state index contributed by atoms with van der Waals surface area (Å²) < 4.78 is 5.37. The Morgan fingerprint density at radius 1 is 1.08 bits per heavy atom. The van der Waals surface area contributed by atoms with E-state index < -0.39 is 0 Å². The lowest BCUT2D eigenvalue weighted by Gasteiger charge is -2.28. The van der Waals surface area contributed by atoms with Gasteiger partial charge in [0.25, 0.3) is 0 Å². The summed E-state index contributed by atoms with van der Waals surface area (Å²) in [4.78, 5) is 14.5. The predicted molar refractivity (Wildman–Crippen MR) is 103 cm³/mol.